The molecule has 2 aromatic carbocycles. The summed E-state index contributed by atoms with van der Waals surface area (Å²) in [7, 11) is -3.45. The Labute approximate surface area is 178 Å². The van der Waals surface area contributed by atoms with Crippen LogP contribution < -0.4 is 4.90 Å². The zero-order valence-electron chi connectivity index (χ0n) is 17.6. The summed E-state index contributed by atoms with van der Waals surface area (Å²) < 4.78 is 33.1. The van der Waals surface area contributed by atoms with E-state index in [9.17, 15) is 8.42 Å². The molecule has 158 valence electrons. The van der Waals surface area contributed by atoms with E-state index in [0.717, 1.165) is 41.2 Å². The van der Waals surface area contributed by atoms with Gasteiger partial charge < -0.3 is 9.32 Å². The van der Waals surface area contributed by atoms with Crippen LogP contribution in [0.1, 0.15) is 30.9 Å². The van der Waals surface area contributed by atoms with Crippen molar-refractivity contribution in [3.8, 4) is 11.5 Å². The molecule has 1 aromatic heterocycles. The number of aromatic nitrogens is 1. The van der Waals surface area contributed by atoms with E-state index in [1.807, 2.05) is 63.2 Å². The first kappa shape index (κ1) is 20.6. The molecule has 0 fully saturated rings. The number of fused-ring (bicyclic) bond motifs is 1. The van der Waals surface area contributed by atoms with Gasteiger partial charge in [0, 0.05) is 30.9 Å². The number of hydrogen-bond acceptors (Lipinski definition) is 5. The van der Waals surface area contributed by atoms with E-state index in [1.54, 1.807) is 6.07 Å². The molecular formula is C23H27N3O3S. The second-order valence-electron chi connectivity index (χ2n) is 7.44. The largest absolute Gasteiger partial charge is 0.441 e. The molecule has 30 heavy (non-hydrogen) atoms. The van der Waals surface area contributed by atoms with Crippen LogP contribution in [-0.4, -0.2) is 37.3 Å². The number of benzene rings is 2. The molecule has 0 saturated carbocycles. The molecule has 6 nitrogen and oxygen atoms in total. The minimum absolute atomic E-state index is 0.371. The van der Waals surface area contributed by atoms with Crippen molar-refractivity contribution in [2.45, 2.75) is 38.6 Å². The molecule has 0 radical (unpaired) electrons. The van der Waals surface area contributed by atoms with E-state index in [2.05, 4.69) is 4.90 Å². The molecule has 0 saturated heterocycles. The third kappa shape index (κ3) is 3.75. The highest BCUT2D eigenvalue weighted by Gasteiger charge is 2.26. The summed E-state index contributed by atoms with van der Waals surface area (Å²) in [6, 6.07) is 15.3. The summed E-state index contributed by atoms with van der Waals surface area (Å²) in [4.78, 5) is 7.32. The molecule has 1 aliphatic heterocycles. The summed E-state index contributed by atoms with van der Waals surface area (Å²) in [6.45, 7) is 8.06. The van der Waals surface area contributed by atoms with Crippen LogP contribution in [-0.2, 0) is 23.0 Å². The van der Waals surface area contributed by atoms with Gasteiger partial charge in [-0.1, -0.05) is 32.0 Å². The normalized spacial score (nSPS) is 13.8. The van der Waals surface area contributed by atoms with Crippen LogP contribution in [0.15, 0.2) is 57.8 Å². The number of oxazole rings is 1. The maximum atomic E-state index is 12.8. The lowest BCUT2D eigenvalue weighted by Gasteiger charge is -2.20. The lowest BCUT2D eigenvalue weighted by molar-refractivity contribution is 0.445. The number of rotatable bonds is 7. The van der Waals surface area contributed by atoms with E-state index in [1.165, 1.54) is 4.31 Å². The monoisotopic (exact) mass is 425 g/mol. The van der Waals surface area contributed by atoms with Crippen molar-refractivity contribution in [2.24, 2.45) is 0 Å². The van der Waals surface area contributed by atoms with Gasteiger partial charge in [0.1, 0.15) is 11.5 Å². The maximum absolute atomic E-state index is 12.8. The van der Waals surface area contributed by atoms with Gasteiger partial charge in [-0.3, -0.25) is 0 Å². The zero-order chi connectivity index (χ0) is 21.3. The first-order valence-electron chi connectivity index (χ1n) is 10.3. The van der Waals surface area contributed by atoms with Crippen LogP contribution in [0, 0.1) is 6.92 Å². The number of nitrogens with zero attached hydrogens (tertiary/aromatic N) is 3. The summed E-state index contributed by atoms with van der Waals surface area (Å²) in [5.74, 6) is 1.44. The molecule has 0 bridgehead atoms. The minimum Gasteiger partial charge on any atom is -0.441 e. The Morgan fingerprint density at radius 1 is 1.10 bits per heavy atom. The second kappa shape index (κ2) is 8.24. The van der Waals surface area contributed by atoms with Crippen LogP contribution >= 0.6 is 0 Å². The first-order chi connectivity index (χ1) is 14.4. The predicted octanol–water partition coefficient (Wildman–Crippen LogP) is 4.24. The SMILES string of the molecule is CCN(CC)S(=O)(=O)c1ccc2c(c1)CCN2Cc1nc(-c2ccccc2)oc1C. The topological polar surface area (TPSA) is 66.7 Å². The average Bonchev–Trinajstić information content (AvgIpc) is 3.33. The third-order valence-electron chi connectivity index (χ3n) is 5.64. The van der Waals surface area contributed by atoms with Gasteiger partial charge in [-0.25, -0.2) is 13.4 Å². The van der Waals surface area contributed by atoms with E-state index < -0.39 is 10.0 Å². The van der Waals surface area contributed by atoms with Gasteiger partial charge in [0.2, 0.25) is 15.9 Å². The first-order valence-corrected chi connectivity index (χ1v) is 11.8. The molecule has 0 amide bonds. The maximum Gasteiger partial charge on any atom is 0.243 e. The third-order valence-corrected chi connectivity index (χ3v) is 7.69. The fourth-order valence-corrected chi connectivity index (χ4v) is 5.45. The highest BCUT2D eigenvalue weighted by atomic mass is 32.2. The molecule has 0 atom stereocenters. The minimum atomic E-state index is -3.45. The fourth-order valence-electron chi connectivity index (χ4n) is 3.94. The molecule has 2 heterocycles. The average molecular weight is 426 g/mol. The Bertz CT molecular complexity index is 1140. The Morgan fingerprint density at radius 2 is 1.83 bits per heavy atom. The van der Waals surface area contributed by atoms with Crippen molar-refractivity contribution in [2.75, 3.05) is 24.5 Å². The number of hydrogen-bond donors (Lipinski definition) is 0. The molecule has 0 N–H and O–H groups in total. The number of sulfonamides is 1. The van der Waals surface area contributed by atoms with Gasteiger partial charge in [-0.05, 0) is 49.2 Å². The van der Waals surface area contributed by atoms with Crippen molar-refractivity contribution in [3.05, 3.63) is 65.5 Å². The van der Waals surface area contributed by atoms with Crippen LogP contribution in [0.3, 0.4) is 0 Å². The van der Waals surface area contributed by atoms with Crippen molar-refractivity contribution >= 4 is 15.7 Å². The van der Waals surface area contributed by atoms with Gasteiger partial charge in [0.25, 0.3) is 0 Å². The fraction of sp³-hybridized carbons (Fsp3) is 0.348. The number of aryl methyl sites for hydroxylation is 1. The molecule has 1 aliphatic rings. The quantitative estimate of drug-likeness (QED) is 0.566. The van der Waals surface area contributed by atoms with Crippen molar-refractivity contribution in [3.63, 3.8) is 0 Å². The molecule has 7 heteroatoms. The van der Waals surface area contributed by atoms with E-state index in [0.29, 0.717) is 30.4 Å². The van der Waals surface area contributed by atoms with Crippen LogP contribution in [0.25, 0.3) is 11.5 Å². The summed E-state index contributed by atoms with van der Waals surface area (Å²) in [6.07, 6.45) is 0.819. The molecule has 4 rings (SSSR count). The predicted molar refractivity (Wildman–Crippen MR) is 118 cm³/mol. The van der Waals surface area contributed by atoms with Gasteiger partial charge >= 0.3 is 0 Å². The molecule has 0 aliphatic carbocycles. The lowest BCUT2D eigenvalue weighted by Crippen LogP contribution is -2.30. The standard InChI is InChI=1S/C23H27N3O3S/c1-4-26(5-2)30(27,28)20-11-12-22-19(15-20)13-14-25(22)16-21-17(3)29-23(24-21)18-9-7-6-8-10-18/h6-12,15H,4-5,13-14,16H2,1-3H3. The van der Waals surface area contributed by atoms with Crippen LogP contribution in [0.2, 0.25) is 0 Å². The van der Waals surface area contributed by atoms with Crippen molar-refractivity contribution in [1.29, 1.82) is 0 Å². The van der Waals surface area contributed by atoms with Crippen LogP contribution in [0.5, 0.6) is 0 Å². The van der Waals surface area contributed by atoms with E-state index in [4.69, 9.17) is 9.40 Å². The molecular weight excluding hydrogens is 398 g/mol. The highest BCUT2D eigenvalue weighted by Crippen LogP contribution is 2.33. The highest BCUT2D eigenvalue weighted by molar-refractivity contribution is 7.89. The Kier molecular flexibility index (Phi) is 5.66. The number of anilines is 1. The zero-order valence-corrected chi connectivity index (χ0v) is 18.4. The van der Waals surface area contributed by atoms with Crippen molar-refractivity contribution < 1.29 is 12.8 Å². The van der Waals surface area contributed by atoms with E-state index >= 15 is 0 Å². The smallest absolute Gasteiger partial charge is 0.243 e. The Balaban J connectivity index is 1.57. The molecule has 3 aromatic rings. The summed E-state index contributed by atoms with van der Waals surface area (Å²) in [5, 5.41) is 0. The van der Waals surface area contributed by atoms with Crippen LogP contribution in [0.4, 0.5) is 5.69 Å². The lowest BCUT2D eigenvalue weighted by atomic mass is 10.2. The van der Waals surface area contributed by atoms with Gasteiger partial charge in [0.05, 0.1) is 11.4 Å². The van der Waals surface area contributed by atoms with E-state index in [-0.39, 0.29) is 0 Å². The Hall–Kier alpha value is -2.64. The summed E-state index contributed by atoms with van der Waals surface area (Å²) >= 11 is 0. The summed E-state index contributed by atoms with van der Waals surface area (Å²) in [5.41, 5.74) is 3.99. The molecule has 0 unspecified atom stereocenters. The molecule has 0 spiro atoms. The van der Waals surface area contributed by atoms with Gasteiger partial charge in [0.15, 0.2) is 0 Å². The Morgan fingerprint density at radius 3 is 2.53 bits per heavy atom. The van der Waals surface area contributed by atoms with Gasteiger partial charge in [-0.15, -0.1) is 0 Å². The second-order valence-corrected chi connectivity index (χ2v) is 9.38. The van der Waals surface area contributed by atoms with Gasteiger partial charge in [-0.2, -0.15) is 4.31 Å². The van der Waals surface area contributed by atoms with Crippen molar-refractivity contribution in [1.82, 2.24) is 9.29 Å².